The molecule has 0 radical (unpaired) electrons. The molecule has 0 aliphatic carbocycles. The first-order chi connectivity index (χ1) is 11.3. The number of hydrogen-bond acceptors (Lipinski definition) is 3. The van der Waals surface area contributed by atoms with Crippen molar-refractivity contribution in [1.82, 2.24) is 0 Å². The zero-order chi connectivity index (χ0) is 17.4. The van der Waals surface area contributed by atoms with Crippen molar-refractivity contribution in [3.05, 3.63) is 41.6 Å². The third-order valence-electron chi connectivity index (χ3n) is 5.43. The van der Waals surface area contributed by atoms with Crippen molar-refractivity contribution in [2.45, 2.75) is 51.7 Å². The summed E-state index contributed by atoms with van der Waals surface area (Å²) in [4.78, 5) is 0. The van der Waals surface area contributed by atoms with Crippen LogP contribution in [0.1, 0.15) is 46.1 Å². The molecule has 2 aliphatic heterocycles. The zero-order valence-corrected chi connectivity index (χ0v) is 15.8. The van der Waals surface area contributed by atoms with E-state index in [-0.39, 0.29) is 11.6 Å². The molecule has 24 heavy (non-hydrogen) atoms. The third-order valence-corrected chi connectivity index (χ3v) is 6.48. The van der Waals surface area contributed by atoms with Gasteiger partial charge in [0.1, 0.15) is 5.73 Å². The Morgan fingerprint density at radius 2 is 1.58 bits per heavy atom. The van der Waals surface area contributed by atoms with Crippen molar-refractivity contribution in [1.29, 1.82) is 0 Å². The first-order valence-electron chi connectivity index (χ1n) is 8.70. The maximum Gasteiger partial charge on any atom is 0.525 e. The van der Waals surface area contributed by atoms with Crippen LogP contribution in [0.25, 0.3) is 5.57 Å². The highest BCUT2D eigenvalue weighted by Crippen LogP contribution is 2.43. The second-order valence-electron chi connectivity index (χ2n) is 7.60. The summed E-state index contributed by atoms with van der Waals surface area (Å²) < 4.78 is 27.5. The first-order valence-corrected chi connectivity index (χ1v) is 9.86. The minimum Gasteiger partial charge on any atom is -0.398 e. The van der Waals surface area contributed by atoms with Crippen LogP contribution in [0.5, 0.6) is 0 Å². The Hall–Kier alpha value is -0.775. The van der Waals surface area contributed by atoms with Gasteiger partial charge < -0.3 is 9.31 Å². The van der Waals surface area contributed by atoms with Crippen LogP contribution in [0, 0.1) is 5.92 Å². The SMILES string of the molecule is CC1(C)OB(C(F)=C(c2ccccc2)C2CCSCC2)OC1(C)C. The molecule has 0 saturated carbocycles. The van der Waals surface area contributed by atoms with Gasteiger partial charge in [0.2, 0.25) is 0 Å². The smallest absolute Gasteiger partial charge is 0.398 e. The second kappa shape index (κ2) is 6.85. The third kappa shape index (κ3) is 3.44. The van der Waals surface area contributed by atoms with E-state index in [4.69, 9.17) is 9.31 Å². The largest absolute Gasteiger partial charge is 0.525 e. The van der Waals surface area contributed by atoms with Crippen LogP contribution in [0.2, 0.25) is 0 Å². The molecule has 0 atom stereocenters. The van der Waals surface area contributed by atoms with Crippen LogP contribution in [-0.4, -0.2) is 29.8 Å². The number of thioether (sulfide) groups is 1. The number of benzene rings is 1. The molecule has 0 unspecified atom stereocenters. The van der Waals surface area contributed by atoms with E-state index in [1.54, 1.807) is 0 Å². The lowest BCUT2D eigenvalue weighted by atomic mass is 9.77. The Balaban J connectivity index is 1.99. The molecule has 130 valence electrons. The van der Waals surface area contributed by atoms with Crippen molar-refractivity contribution in [2.24, 2.45) is 5.92 Å². The molecule has 2 nitrogen and oxygen atoms in total. The molecule has 0 amide bonds. The van der Waals surface area contributed by atoms with Crippen LogP contribution in [0.4, 0.5) is 4.39 Å². The van der Waals surface area contributed by atoms with Crippen molar-refractivity contribution < 1.29 is 13.7 Å². The highest BCUT2D eigenvalue weighted by molar-refractivity contribution is 7.99. The fraction of sp³-hybridized carbons (Fsp3) is 0.579. The average Bonchev–Trinajstić information content (AvgIpc) is 2.78. The van der Waals surface area contributed by atoms with Crippen molar-refractivity contribution >= 4 is 24.5 Å². The maximum atomic E-state index is 15.6. The van der Waals surface area contributed by atoms with Crippen molar-refractivity contribution in [3.8, 4) is 0 Å². The summed E-state index contributed by atoms with van der Waals surface area (Å²) in [6.45, 7) is 7.83. The molecule has 0 bridgehead atoms. The summed E-state index contributed by atoms with van der Waals surface area (Å²) in [5, 5.41) is 0. The first kappa shape index (κ1) is 18.0. The molecule has 3 rings (SSSR count). The summed E-state index contributed by atoms with van der Waals surface area (Å²) in [7, 11) is -0.917. The summed E-state index contributed by atoms with van der Waals surface area (Å²) >= 11 is 1.95. The molecule has 1 aromatic rings. The molecule has 0 spiro atoms. The number of hydrogen-bond donors (Lipinski definition) is 0. The Morgan fingerprint density at radius 1 is 1.04 bits per heavy atom. The van der Waals surface area contributed by atoms with Gasteiger partial charge in [-0.1, -0.05) is 30.3 Å². The van der Waals surface area contributed by atoms with Gasteiger partial charge in [0.25, 0.3) is 0 Å². The van der Waals surface area contributed by atoms with Crippen LogP contribution in [0.15, 0.2) is 36.1 Å². The lowest BCUT2D eigenvalue weighted by molar-refractivity contribution is 0.00578. The predicted molar refractivity (Wildman–Crippen MR) is 101 cm³/mol. The average molecular weight is 348 g/mol. The Kier molecular flexibility index (Phi) is 5.15. The standard InChI is InChI=1S/C19H26BFO2S/c1-18(2)19(3,4)23-20(22-18)17(21)16(14-8-6-5-7-9-14)15-10-12-24-13-11-15/h5-9,15H,10-13H2,1-4H3. The predicted octanol–water partition coefficient (Wildman–Crippen LogP) is 5.14. The van der Waals surface area contributed by atoms with Crippen LogP contribution in [-0.2, 0) is 9.31 Å². The van der Waals surface area contributed by atoms with E-state index in [0.717, 1.165) is 35.5 Å². The maximum absolute atomic E-state index is 15.6. The normalized spacial score (nSPS) is 24.8. The number of rotatable bonds is 3. The van der Waals surface area contributed by atoms with Crippen molar-refractivity contribution in [3.63, 3.8) is 0 Å². The van der Waals surface area contributed by atoms with Gasteiger partial charge >= 0.3 is 7.12 Å². The molecule has 2 heterocycles. The number of allylic oxidation sites excluding steroid dienone is 1. The fourth-order valence-electron chi connectivity index (χ4n) is 3.25. The van der Waals surface area contributed by atoms with Gasteiger partial charge in [-0.05, 0) is 69.1 Å². The van der Waals surface area contributed by atoms with E-state index in [1.165, 1.54) is 0 Å². The van der Waals surface area contributed by atoms with E-state index in [2.05, 4.69) is 0 Å². The fourth-order valence-corrected chi connectivity index (χ4v) is 4.35. The van der Waals surface area contributed by atoms with Gasteiger partial charge in [-0.25, -0.2) is 4.39 Å². The summed E-state index contributed by atoms with van der Waals surface area (Å²) in [5.41, 5.74) is 0.408. The Labute approximate surface area is 149 Å². The molecule has 2 fully saturated rings. The minimum atomic E-state index is -0.917. The van der Waals surface area contributed by atoms with E-state index in [9.17, 15) is 0 Å². The highest BCUT2D eigenvalue weighted by atomic mass is 32.2. The summed E-state index contributed by atoms with van der Waals surface area (Å²) in [5.74, 6) is 2.39. The number of halogens is 1. The van der Waals surface area contributed by atoms with E-state index in [0.29, 0.717) is 0 Å². The molecule has 2 saturated heterocycles. The van der Waals surface area contributed by atoms with Crippen molar-refractivity contribution in [2.75, 3.05) is 11.5 Å². The zero-order valence-electron chi connectivity index (χ0n) is 15.0. The van der Waals surface area contributed by atoms with Crippen LogP contribution >= 0.6 is 11.8 Å². The summed E-state index contributed by atoms with van der Waals surface area (Å²) in [6.07, 6.45) is 2.00. The van der Waals surface area contributed by atoms with Gasteiger partial charge in [-0.3, -0.25) is 0 Å². The molecular weight excluding hydrogens is 322 g/mol. The molecule has 2 aliphatic rings. The van der Waals surface area contributed by atoms with Crippen LogP contribution in [0.3, 0.4) is 0 Å². The lowest BCUT2D eigenvalue weighted by Crippen LogP contribution is -2.41. The Morgan fingerprint density at radius 3 is 2.12 bits per heavy atom. The molecule has 5 heteroatoms. The van der Waals surface area contributed by atoms with E-state index in [1.807, 2.05) is 69.8 Å². The van der Waals surface area contributed by atoms with Crippen LogP contribution < -0.4 is 0 Å². The second-order valence-corrected chi connectivity index (χ2v) is 8.83. The van der Waals surface area contributed by atoms with Gasteiger partial charge in [-0.2, -0.15) is 11.8 Å². The highest BCUT2D eigenvalue weighted by Gasteiger charge is 2.53. The van der Waals surface area contributed by atoms with Gasteiger partial charge in [0, 0.05) is 0 Å². The molecule has 0 N–H and O–H groups in total. The molecular formula is C19H26BFO2S. The summed E-state index contributed by atoms with van der Waals surface area (Å²) in [6, 6.07) is 9.86. The monoisotopic (exact) mass is 348 g/mol. The van der Waals surface area contributed by atoms with E-state index >= 15 is 4.39 Å². The van der Waals surface area contributed by atoms with Gasteiger partial charge in [0.05, 0.1) is 11.2 Å². The lowest BCUT2D eigenvalue weighted by Gasteiger charge is -2.32. The van der Waals surface area contributed by atoms with Gasteiger partial charge in [0.15, 0.2) is 0 Å². The Bertz CT molecular complexity index is 593. The van der Waals surface area contributed by atoms with Gasteiger partial charge in [-0.15, -0.1) is 0 Å². The molecule has 1 aromatic carbocycles. The topological polar surface area (TPSA) is 18.5 Å². The molecule has 0 aromatic heterocycles. The minimum absolute atomic E-state index is 0.229. The quantitative estimate of drug-likeness (QED) is 0.705. The van der Waals surface area contributed by atoms with E-state index < -0.39 is 18.3 Å².